The minimum Gasteiger partial charge on any atom is -0.481 e. The first kappa shape index (κ1) is 35.9. The number of sulfonamides is 1. The van der Waals surface area contributed by atoms with Crippen molar-refractivity contribution in [1.82, 2.24) is 19.3 Å². The Kier molecular flexibility index (Phi) is 11.1. The Morgan fingerprint density at radius 3 is 2.25 bits per heavy atom. The van der Waals surface area contributed by atoms with Crippen LogP contribution in [0.5, 0.6) is 0 Å². The standard InChI is InChI=1S/C34H38N4O9S/c1-5-14-37-20-28(35-36-37)21-47-30(34(3,4)33(43)44)24-13-12-22(2)27(16-24)19-38(18-23-8-6-9-25(15-23)31(39)40)48(45,46)29-11-7-10-26(17-29)32(41)42/h6-13,15-17,20,30H,5,14,18-19,21H2,1-4H3,(H,39,40)(H,41,42)(H,43,44). The Morgan fingerprint density at radius 2 is 1.60 bits per heavy atom. The first-order valence-corrected chi connectivity index (χ1v) is 16.6. The van der Waals surface area contributed by atoms with Gasteiger partial charge in [0.05, 0.1) is 40.3 Å². The molecule has 0 fully saturated rings. The van der Waals surface area contributed by atoms with E-state index in [9.17, 15) is 38.1 Å². The van der Waals surface area contributed by atoms with Gasteiger partial charge in [-0.1, -0.05) is 48.5 Å². The Labute approximate surface area is 278 Å². The molecule has 1 aromatic heterocycles. The van der Waals surface area contributed by atoms with E-state index in [0.29, 0.717) is 34.5 Å². The van der Waals surface area contributed by atoms with E-state index in [-0.39, 0.29) is 35.7 Å². The molecule has 0 amide bonds. The third kappa shape index (κ3) is 8.32. The van der Waals surface area contributed by atoms with Gasteiger partial charge in [-0.05, 0) is 79.8 Å². The Hall–Kier alpha value is -4.92. The quantitative estimate of drug-likeness (QED) is 0.142. The van der Waals surface area contributed by atoms with Crippen LogP contribution >= 0.6 is 0 Å². The van der Waals surface area contributed by atoms with Gasteiger partial charge in [0, 0.05) is 19.6 Å². The zero-order valence-electron chi connectivity index (χ0n) is 27.0. The normalized spacial score (nSPS) is 12.6. The van der Waals surface area contributed by atoms with Crippen LogP contribution in [0.4, 0.5) is 0 Å². The average molecular weight is 679 g/mol. The molecule has 14 heteroatoms. The molecular weight excluding hydrogens is 640 g/mol. The Morgan fingerprint density at radius 1 is 0.938 bits per heavy atom. The summed E-state index contributed by atoms with van der Waals surface area (Å²) >= 11 is 0. The fraction of sp³-hybridized carbons (Fsp3) is 0.324. The molecule has 1 atom stereocenters. The number of hydrogen-bond acceptors (Lipinski definition) is 8. The summed E-state index contributed by atoms with van der Waals surface area (Å²) in [4.78, 5) is 35.5. The fourth-order valence-electron chi connectivity index (χ4n) is 5.13. The van der Waals surface area contributed by atoms with Gasteiger partial charge in [0.15, 0.2) is 0 Å². The van der Waals surface area contributed by atoms with Crippen LogP contribution in [0.3, 0.4) is 0 Å². The van der Waals surface area contributed by atoms with Crippen LogP contribution in [0.15, 0.2) is 77.8 Å². The molecule has 1 unspecified atom stereocenters. The summed E-state index contributed by atoms with van der Waals surface area (Å²) in [5.74, 6) is -3.58. The predicted molar refractivity (Wildman–Crippen MR) is 174 cm³/mol. The molecule has 0 aliphatic rings. The largest absolute Gasteiger partial charge is 0.481 e. The highest BCUT2D eigenvalue weighted by Crippen LogP contribution is 2.38. The molecule has 1 heterocycles. The van der Waals surface area contributed by atoms with Crippen LogP contribution in [-0.4, -0.2) is 60.9 Å². The van der Waals surface area contributed by atoms with E-state index < -0.39 is 39.5 Å². The summed E-state index contributed by atoms with van der Waals surface area (Å²) in [5.41, 5.74) is 0.982. The van der Waals surface area contributed by atoms with Gasteiger partial charge in [-0.15, -0.1) is 5.10 Å². The van der Waals surface area contributed by atoms with E-state index in [4.69, 9.17) is 4.74 Å². The lowest BCUT2D eigenvalue weighted by atomic mass is 9.81. The van der Waals surface area contributed by atoms with Gasteiger partial charge in [0.25, 0.3) is 0 Å². The number of carbonyl (C=O) groups is 3. The molecule has 0 saturated carbocycles. The molecule has 0 saturated heterocycles. The molecule has 0 aliphatic heterocycles. The van der Waals surface area contributed by atoms with E-state index in [0.717, 1.165) is 16.8 Å². The Balaban J connectivity index is 1.76. The predicted octanol–water partition coefficient (Wildman–Crippen LogP) is 5.15. The van der Waals surface area contributed by atoms with E-state index in [2.05, 4.69) is 10.3 Å². The first-order valence-electron chi connectivity index (χ1n) is 15.1. The maximum Gasteiger partial charge on any atom is 0.335 e. The lowest BCUT2D eigenvalue weighted by Gasteiger charge is -2.31. The van der Waals surface area contributed by atoms with Crippen molar-refractivity contribution in [3.05, 3.63) is 112 Å². The summed E-state index contributed by atoms with van der Waals surface area (Å²) in [6.45, 7) is 7.06. The van der Waals surface area contributed by atoms with Gasteiger partial charge in [-0.2, -0.15) is 4.31 Å². The van der Waals surface area contributed by atoms with Gasteiger partial charge in [0.1, 0.15) is 5.69 Å². The number of nitrogens with zero attached hydrogens (tertiary/aromatic N) is 4. The van der Waals surface area contributed by atoms with E-state index in [1.807, 2.05) is 6.92 Å². The second kappa shape index (κ2) is 14.9. The number of aliphatic carboxylic acids is 1. The van der Waals surface area contributed by atoms with Crippen molar-refractivity contribution in [2.24, 2.45) is 5.41 Å². The molecule has 3 N–H and O–H groups in total. The molecule has 4 aromatic rings. The second-order valence-corrected chi connectivity index (χ2v) is 13.9. The minimum atomic E-state index is -4.35. The van der Waals surface area contributed by atoms with Gasteiger partial charge >= 0.3 is 17.9 Å². The SMILES string of the molecule is CCCn1cc(COC(c2ccc(C)c(CN(Cc3cccc(C(=O)O)c3)S(=O)(=O)c3cccc(C(=O)O)c3)c2)C(C)(C)C(=O)O)nn1. The number of aromatic carboxylic acids is 2. The molecule has 3 aromatic carbocycles. The molecular formula is C34H38N4O9S. The zero-order chi connectivity index (χ0) is 35.2. The van der Waals surface area contributed by atoms with Gasteiger partial charge in [-0.25, -0.2) is 18.0 Å². The van der Waals surface area contributed by atoms with Crippen LogP contribution in [0.2, 0.25) is 0 Å². The highest BCUT2D eigenvalue weighted by molar-refractivity contribution is 7.89. The fourth-order valence-corrected chi connectivity index (χ4v) is 6.58. The van der Waals surface area contributed by atoms with Crippen LogP contribution < -0.4 is 0 Å². The van der Waals surface area contributed by atoms with E-state index >= 15 is 0 Å². The topological polar surface area (TPSA) is 189 Å². The summed E-state index contributed by atoms with van der Waals surface area (Å²) in [6, 6.07) is 16.0. The number of aryl methyl sites for hydroxylation is 2. The van der Waals surface area contributed by atoms with Gasteiger partial charge in [0.2, 0.25) is 10.0 Å². The molecule has 48 heavy (non-hydrogen) atoms. The summed E-state index contributed by atoms with van der Waals surface area (Å²) < 4.78 is 37.2. The van der Waals surface area contributed by atoms with E-state index in [1.54, 1.807) is 42.1 Å². The smallest absolute Gasteiger partial charge is 0.335 e. The highest BCUT2D eigenvalue weighted by Gasteiger charge is 2.39. The zero-order valence-corrected chi connectivity index (χ0v) is 27.8. The van der Waals surface area contributed by atoms with Crippen molar-refractivity contribution in [1.29, 1.82) is 0 Å². The number of benzene rings is 3. The van der Waals surface area contributed by atoms with Crippen LogP contribution in [-0.2, 0) is 45.8 Å². The third-order valence-electron chi connectivity index (χ3n) is 7.92. The van der Waals surface area contributed by atoms with Gasteiger partial charge in [-0.3, -0.25) is 9.48 Å². The summed E-state index contributed by atoms with van der Waals surface area (Å²) in [7, 11) is -4.35. The van der Waals surface area contributed by atoms with Crippen molar-refractivity contribution in [3.8, 4) is 0 Å². The average Bonchev–Trinajstić information content (AvgIpc) is 3.49. The van der Waals surface area contributed by atoms with Crippen LogP contribution in [0.25, 0.3) is 0 Å². The third-order valence-corrected chi connectivity index (χ3v) is 9.71. The van der Waals surface area contributed by atoms with Crippen molar-refractivity contribution in [2.75, 3.05) is 0 Å². The molecule has 254 valence electrons. The molecule has 0 aliphatic carbocycles. The Bertz CT molecular complexity index is 1920. The van der Waals surface area contributed by atoms with Gasteiger partial charge < -0.3 is 20.1 Å². The maximum atomic E-state index is 14.1. The van der Waals surface area contributed by atoms with Crippen molar-refractivity contribution < 1.29 is 42.9 Å². The number of hydrogen-bond donors (Lipinski definition) is 3. The van der Waals surface area contributed by atoms with Crippen molar-refractivity contribution >= 4 is 27.9 Å². The second-order valence-electron chi connectivity index (χ2n) is 12.0. The number of aromatic nitrogens is 3. The number of rotatable bonds is 16. The van der Waals surface area contributed by atoms with Crippen molar-refractivity contribution in [3.63, 3.8) is 0 Å². The molecule has 0 spiro atoms. The number of carboxylic acid groups (broad SMARTS) is 3. The minimum absolute atomic E-state index is 0.0192. The number of ether oxygens (including phenoxy) is 1. The molecule has 4 rings (SSSR count). The molecule has 13 nitrogen and oxygen atoms in total. The first-order chi connectivity index (χ1) is 22.6. The number of carboxylic acids is 3. The maximum absolute atomic E-state index is 14.1. The summed E-state index contributed by atoms with van der Waals surface area (Å²) in [6.07, 6.45) is 1.61. The monoisotopic (exact) mass is 678 g/mol. The van der Waals surface area contributed by atoms with E-state index in [1.165, 1.54) is 50.2 Å². The summed E-state index contributed by atoms with van der Waals surface area (Å²) in [5, 5.41) is 37.4. The van der Waals surface area contributed by atoms with Crippen LogP contribution in [0.1, 0.15) is 82.0 Å². The lowest BCUT2D eigenvalue weighted by molar-refractivity contribution is -0.158. The van der Waals surface area contributed by atoms with Crippen molar-refractivity contribution in [2.45, 2.75) is 71.4 Å². The van der Waals surface area contributed by atoms with Crippen LogP contribution in [0, 0.1) is 12.3 Å². The highest BCUT2D eigenvalue weighted by atomic mass is 32.2. The lowest BCUT2D eigenvalue weighted by Crippen LogP contribution is -2.33. The molecule has 0 bridgehead atoms. The molecule has 0 radical (unpaired) electrons.